The number of hydrogen-bond acceptors (Lipinski definition) is 2. The van der Waals surface area contributed by atoms with Crippen molar-refractivity contribution in [3.8, 4) is 0 Å². The maximum Gasteiger partial charge on any atom is 0.239 e. The fraction of sp³-hybridized carbons (Fsp3) is 0.188. The molecule has 1 unspecified atom stereocenters. The fourth-order valence-electron chi connectivity index (χ4n) is 2.29. The van der Waals surface area contributed by atoms with Crippen molar-refractivity contribution in [2.45, 2.75) is 12.6 Å². The predicted molar refractivity (Wildman–Crippen MR) is 76.2 cm³/mol. The van der Waals surface area contributed by atoms with Gasteiger partial charge in [-0.1, -0.05) is 42.5 Å². The summed E-state index contributed by atoms with van der Waals surface area (Å²) in [5, 5.41) is 0. The van der Waals surface area contributed by atoms with Gasteiger partial charge >= 0.3 is 0 Å². The largest absolute Gasteiger partial charge is 0.368 e. The Morgan fingerprint density at radius 1 is 1.20 bits per heavy atom. The van der Waals surface area contributed by atoms with Crippen molar-refractivity contribution in [1.82, 2.24) is 4.90 Å². The number of carbonyl (C=O) groups excluding carboxylic acids is 1. The van der Waals surface area contributed by atoms with E-state index in [-0.39, 0.29) is 5.82 Å². The third-order valence-corrected chi connectivity index (χ3v) is 3.15. The zero-order chi connectivity index (χ0) is 14.5. The summed E-state index contributed by atoms with van der Waals surface area (Å²) in [5.74, 6) is -0.707. The highest BCUT2D eigenvalue weighted by atomic mass is 19.1. The Morgan fingerprint density at radius 3 is 2.50 bits per heavy atom. The van der Waals surface area contributed by atoms with Crippen LogP contribution >= 0.6 is 0 Å². The fourth-order valence-corrected chi connectivity index (χ4v) is 2.29. The van der Waals surface area contributed by atoms with Crippen LogP contribution in [0.1, 0.15) is 17.2 Å². The zero-order valence-electron chi connectivity index (χ0n) is 11.3. The normalized spacial score (nSPS) is 12.3. The first kappa shape index (κ1) is 14.2. The highest BCUT2D eigenvalue weighted by Crippen LogP contribution is 2.21. The number of rotatable bonds is 5. The van der Waals surface area contributed by atoms with Crippen LogP contribution in [0.15, 0.2) is 54.6 Å². The van der Waals surface area contributed by atoms with Crippen LogP contribution in [0, 0.1) is 5.82 Å². The number of amides is 1. The molecule has 0 spiro atoms. The highest BCUT2D eigenvalue weighted by Gasteiger charge is 2.22. The van der Waals surface area contributed by atoms with E-state index in [9.17, 15) is 9.18 Å². The first-order valence-corrected chi connectivity index (χ1v) is 6.37. The van der Waals surface area contributed by atoms with Gasteiger partial charge in [0.1, 0.15) is 11.9 Å². The second kappa shape index (κ2) is 6.30. The van der Waals surface area contributed by atoms with Crippen molar-refractivity contribution >= 4 is 5.91 Å². The molecule has 0 fully saturated rings. The van der Waals surface area contributed by atoms with Crippen molar-refractivity contribution in [2.75, 3.05) is 7.05 Å². The van der Waals surface area contributed by atoms with Gasteiger partial charge in [-0.05, 0) is 30.3 Å². The molecule has 0 aliphatic rings. The predicted octanol–water partition coefficient (Wildman–Crippen LogP) is 2.48. The highest BCUT2D eigenvalue weighted by molar-refractivity contribution is 5.81. The minimum Gasteiger partial charge on any atom is -0.368 e. The van der Waals surface area contributed by atoms with Gasteiger partial charge in [-0.15, -0.1) is 0 Å². The van der Waals surface area contributed by atoms with E-state index in [1.807, 2.05) is 41.3 Å². The van der Waals surface area contributed by atoms with Crippen molar-refractivity contribution in [2.24, 2.45) is 5.73 Å². The molecule has 0 saturated heterocycles. The summed E-state index contributed by atoms with van der Waals surface area (Å²) in [7, 11) is 1.80. The van der Waals surface area contributed by atoms with E-state index in [1.54, 1.807) is 13.1 Å². The smallest absolute Gasteiger partial charge is 0.239 e. The molecule has 1 atom stereocenters. The lowest BCUT2D eigenvalue weighted by Gasteiger charge is -2.25. The molecule has 3 nitrogen and oxygen atoms in total. The summed E-state index contributed by atoms with van der Waals surface area (Å²) >= 11 is 0. The van der Waals surface area contributed by atoms with Gasteiger partial charge in [0, 0.05) is 6.54 Å². The molecule has 4 heteroatoms. The van der Waals surface area contributed by atoms with Crippen LogP contribution in [-0.4, -0.2) is 17.9 Å². The van der Waals surface area contributed by atoms with E-state index < -0.39 is 11.9 Å². The van der Waals surface area contributed by atoms with Gasteiger partial charge < -0.3 is 5.73 Å². The molecule has 2 aromatic carbocycles. The van der Waals surface area contributed by atoms with E-state index in [0.717, 1.165) is 11.1 Å². The molecule has 0 radical (unpaired) electrons. The summed E-state index contributed by atoms with van der Waals surface area (Å²) < 4.78 is 13.2. The monoisotopic (exact) mass is 272 g/mol. The number of hydrogen-bond donors (Lipinski definition) is 1. The van der Waals surface area contributed by atoms with Gasteiger partial charge in [-0.3, -0.25) is 9.69 Å². The molecular weight excluding hydrogens is 255 g/mol. The number of nitrogens with two attached hydrogens (primary N) is 1. The number of likely N-dealkylation sites (N-methyl/N-ethyl adjacent to an activating group) is 1. The molecule has 2 N–H and O–H groups in total. The van der Waals surface area contributed by atoms with Crippen LogP contribution in [0.2, 0.25) is 0 Å². The van der Waals surface area contributed by atoms with Gasteiger partial charge in [-0.25, -0.2) is 4.39 Å². The molecule has 0 heterocycles. The van der Waals surface area contributed by atoms with E-state index in [2.05, 4.69) is 0 Å². The lowest BCUT2D eigenvalue weighted by Crippen LogP contribution is -2.34. The Kier molecular flexibility index (Phi) is 4.48. The van der Waals surface area contributed by atoms with Gasteiger partial charge in [0.15, 0.2) is 0 Å². The number of carbonyl (C=O) groups is 1. The number of primary amides is 1. The summed E-state index contributed by atoms with van der Waals surface area (Å²) in [6.07, 6.45) is 0. The number of benzene rings is 2. The molecule has 20 heavy (non-hydrogen) atoms. The third-order valence-electron chi connectivity index (χ3n) is 3.15. The van der Waals surface area contributed by atoms with Gasteiger partial charge in [0.25, 0.3) is 0 Å². The summed E-state index contributed by atoms with van der Waals surface area (Å²) in [6.45, 7) is 0.445. The standard InChI is InChI=1S/C16H17FN2O/c1-19(11-12-6-5-9-14(17)10-12)15(16(18)20)13-7-3-2-4-8-13/h2-10,15H,11H2,1H3,(H2,18,20). The van der Waals surface area contributed by atoms with E-state index in [1.165, 1.54) is 12.1 Å². The SMILES string of the molecule is CN(Cc1cccc(F)c1)C(C(N)=O)c1ccccc1. The topological polar surface area (TPSA) is 46.3 Å². The Morgan fingerprint density at radius 2 is 1.90 bits per heavy atom. The van der Waals surface area contributed by atoms with Gasteiger partial charge in [0.05, 0.1) is 0 Å². The third kappa shape index (κ3) is 3.42. The van der Waals surface area contributed by atoms with Crippen molar-refractivity contribution in [3.63, 3.8) is 0 Å². The van der Waals surface area contributed by atoms with Crippen LogP contribution in [0.4, 0.5) is 4.39 Å². The first-order valence-electron chi connectivity index (χ1n) is 6.37. The van der Waals surface area contributed by atoms with Crippen LogP contribution in [-0.2, 0) is 11.3 Å². The maximum atomic E-state index is 13.2. The van der Waals surface area contributed by atoms with Gasteiger partial charge in [0.2, 0.25) is 5.91 Å². The minimum absolute atomic E-state index is 0.286. The number of halogens is 1. The number of nitrogens with zero attached hydrogens (tertiary/aromatic N) is 1. The van der Waals surface area contributed by atoms with E-state index in [0.29, 0.717) is 6.54 Å². The lowest BCUT2D eigenvalue weighted by molar-refractivity contribution is -0.123. The lowest BCUT2D eigenvalue weighted by atomic mass is 10.0. The van der Waals surface area contributed by atoms with Crippen molar-refractivity contribution in [1.29, 1.82) is 0 Å². The van der Waals surface area contributed by atoms with Crippen LogP contribution in [0.3, 0.4) is 0 Å². The zero-order valence-corrected chi connectivity index (χ0v) is 11.3. The average molecular weight is 272 g/mol. The Balaban J connectivity index is 2.20. The molecule has 2 aromatic rings. The molecule has 0 saturated carbocycles. The van der Waals surface area contributed by atoms with Crippen molar-refractivity contribution < 1.29 is 9.18 Å². The van der Waals surface area contributed by atoms with Crippen LogP contribution in [0.25, 0.3) is 0 Å². The molecule has 1 amide bonds. The second-order valence-electron chi connectivity index (χ2n) is 4.76. The van der Waals surface area contributed by atoms with E-state index >= 15 is 0 Å². The summed E-state index contributed by atoms with van der Waals surface area (Å²) in [4.78, 5) is 13.5. The van der Waals surface area contributed by atoms with Crippen LogP contribution < -0.4 is 5.73 Å². The molecule has 0 aliphatic heterocycles. The molecule has 0 aromatic heterocycles. The molecule has 2 rings (SSSR count). The van der Waals surface area contributed by atoms with Gasteiger partial charge in [-0.2, -0.15) is 0 Å². The Labute approximate surface area is 117 Å². The molecule has 0 bridgehead atoms. The second-order valence-corrected chi connectivity index (χ2v) is 4.76. The summed E-state index contributed by atoms with van der Waals surface area (Å²) in [5.41, 5.74) is 7.13. The Bertz CT molecular complexity index is 586. The minimum atomic E-state index is -0.528. The average Bonchev–Trinajstić information content (AvgIpc) is 2.39. The quantitative estimate of drug-likeness (QED) is 0.909. The summed E-state index contributed by atoms with van der Waals surface area (Å²) in [6, 6.07) is 15.1. The molecular formula is C16H17FN2O. The molecule has 104 valence electrons. The first-order chi connectivity index (χ1) is 9.58. The van der Waals surface area contributed by atoms with Crippen molar-refractivity contribution in [3.05, 3.63) is 71.5 Å². The van der Waals surface area contributed by atoms with Crippen LogP contribution in [0.5, 0.6) is 0 Å². The molecule has 0 aliphatic carbocycles. The maximum absolute atomic E-state index is 13.2. The Hall–Kier alpha value is -2.20. The van der Waals surface area contributed by atoms with E-state index in [4.69, 9.17) is 5.73 Å².